The number of halogens is 1. The summed E-state index contributed by atoms with van der Waals surface area (Å²) in [5.74, 6) is -0.137. The van der Waals surface area contributed by atoms with Crippen LogP contribution in [0.4, 0.5) is 10.1 Å². The highest BCUT2D eigenvalue weighted by molar-refractivity contribution is 7.89. The zero-order chi connectivity index (χ0) is 22.9. The first kappa shape index (κ1) is 21.8. The number of aryl methyl sites for hydroxylation is 2. The van der Waals surface area contributed by atoms with E-state index in [0.29, 0.717) is 47.5 Å². The number of anilines is 1. The molecule has 1 amide bonds. The minimum Gasteiger partial charge on any atom is -0.455 e. The molecule has 0 atom stereocenters. The number of hydrogen-bond donors (Lipinski definition) is 2. The Morgan fingerprint density at radius 1 is 1.09 bits per heavy atom. The lowest BCUT2D eigenvalue weighted by molar-refractivity contribution is 0.0994. The smallest absolute Gasteiger partial charge is 0.291 e. The molecule has 1 aliphatic carbocycles. The van der Waals surface area contributed by atoms with E-state index >= 15 is 0 Å². The molecule has 0 saturated heterocycles. The fourth-order valence-electron chi connectivity index (χ4n) is 3.69. The summed E-state index contributed by atoms with van der Waals surface area (Å²) in [5, 5.41) is 6.95. The molecular weight excluding hydrogens is 433 g/mol. The van der Waals surface area contributed by atoms with Crippen molar-refractivity contribution < 1.29 is 22.0 Å². The summed E-state index contributed by atoms with van der Waals surface area (Å²) >= 11 is 0. The van der Waals surface area contributed by atoms with Crippen LogP contribution in [0.5, 0.6) is 0 Å². The Kier molecular flexibility index (Phi) is 5.84. The number of benzene rings is 2. The first-order valence-corrected chi connectivity index (χ1v) is 11.6. The molecule has 0 radical (unpaired) electrons. The Labute approximate surface area is 185 Å². The highest BCUT2D eigenvalue weighted by atomic mass is 32.2. The van der Waals surface area contributed by atoms with E-state index in [1.54, 1.807) is 13.0 Å². The molecule has 3 aromatic rings. The number of rotatable bonds is 5. The van der Waals surface area contributed by atoms with Gasteiger partial charge < -0.3 is 9.73 Å². The molecule has 9 heteroatoms. The Bertz CT molecular complexity index is 1310. The highest BCUT2D eigenvalue weighted by Gasteiger charge is 2.28. The molecule has 0 bridgehead atoms. The largest absolute Gasteiger partial charge is 0.455 e. The number of carbonyl (C=O) groups is 1. The molecule has 1 aliphatic rings. The van der Waals surface area contributed by atoms with Crippen LogP contribution < -0.4 is 10.1 Å². The number of nitrogens with one attached hydrogen (secondary N) is 2. The lowest BCUT2D eigenvalue weighted by Gasteiger charge is -2.14. The Morgan fingerprint density at radius 3 is 2.56 bits per heavy atom. The number of hydrazone groups is 1. The number of carbonyl (C=O) groups excluding carboxylic acids is 1. The number of nitrogens with zero attached hydrogens (tertiary/aromatic N) is 1. The molecule has 32 heavy (non-hydrogen) atoms. The predicted molar refractivity (Wildman–Crippen MR) is 119 cm³/mol. The van der Waals surface area contributed by atoms with Gasteiger partial charge in [0, 0.05) is 23.2 Å². The van der Waals surface area contributed by atoms with Crippen LogP contribution in [0.15, 0.2) is 62.9 Å². The van der Waals surface area contributed by atoms with Crippen LogP contribution in [0.2, 0.25) is 0 Å². The van der Waals surface area contributed by atoms with Gasteiger partial charge in [-0.2, -0.15) is 18.4 Å². The van der Waals surface area contributed by atoms with Gasteiger partial charge in [0.15, 0.2) is 5.76 Å². The van der Waals surface area contributed by atoms with Crippen LogP contribution in [0.1, 0.15) is 45.8 Å². The van der Waals surface area contributed by atoms with Crippen LogP contribution in [-0.4, -0.2) is 20.0 Å². The molecule has 0 fully saturated rings. The molecule has 2 aromatic carbocycles. The van der Waals surface area contributed by atoms with E-state index in [9.17, 15) is 17.6 Å². The monoisotopic (exact) mass is 455 g/mol. The van der Waals surface area contributed by atoms with Gasteiger partial charge in [0.25, 0.3) is 15.9 Å². The second-order valence-electron chi connectivity index (χ2n) is 7.64. The van der Waals surface area contributed by atoms with Crippen LogP contribution in [0.25, 0.3) is 0 Å². The third-order valence-electron chi connectivity index (χ3n) is 5.23. The van der Waals surface area contributed by atoms with Crippen molar-refractivity contribution in [2.75, 3.05) is 5.32 Å². The summed E-state index contributed by atoms with van der Waals surface area (Å²) in [6, 6.07) is 11.9. The molecule has 0 aliphatic heterocycles. The minimum atomic E-state index is -3.96. The van der Waals surface area contributed by atoms with Crippen molar-refractivity contribution in [1.82, 2.24) is 4.83 Å². The Balaban J connectivity index is 1.60. The van der Waals surface area contributed by atoms with Crippen LogP contribution in [-0.2, 0) is 16.4 Å². The van der Waals surface area contributed by atoms with E-state index < -0.39 is 15.8 Å². The van der Waals surface area contributed by atoms with E-state index in [1.165, 1.54) is 12.1 Å². The number of fused-ring (bicyclic) bond motifs is 1. The first-order chi connectivity index (χ1) is 15.2. The van der Waals surface area contributed by atoms with Crippen molar-refractivity contribution in [2.24, 2.45) is 5.10 Å². The van der Waals surface area contributed by atoms with E-state index in [0.717, 1.165) is 17.7 Å². The fourth-order valence-corrected chi connectivity index (χ4v) is 4.52. The van der Waals surface area contributed by atoms with Gasteiger partial charge in [-0.25, -0.2) is 4.39 Å². The fraction of sp³-hybridized carbons (Fsp3) is 0.217. The minimum absolute atomic E-state index is 0.0959. The summed E-state index contributed by atoms with van der Waals surface area (Å²) in [4.78, 5) is 14.9. The number of amides is 1. The molecule has 1 heterocycles. The molecule has 7 nitrogen and oxygen atoms in total. The number of hydrogen-bond acceptors (Lipinski definition) is 5. The van der Waals surface area contributed by atoms with Crippen molar-refractivity contribution in [2.45, 2.75) is 38.0 Å². The Hall–Kier alpha value is -3.46. The predicted octanol–water partition coefficient (Wildman–Crippen LogP) is 4.31. The van der Waals surface area contributed by atoms with E-state index in [-0.39, 0.29) is 16.6 Å². The van der Waals surface area contributed by atoms with E-state index in [2.05, 4.69) is 15.2 Å². The summed E-state index contributed by atoms with van der Waals surface area (Å²) in [6.45, 7) is 3.69. The molecule has 0 saturated carbocycles. The van der Waals surface area contributed by atoms with Gasteiger partial charge in [-0.05, 0) is 68.7 Å². The van der Waals surface area contributed by atoms with Crippen molar-refractivity contribution >= 4 is 27.3 Å². The molecule has 166 valence electrons. The normalized spacial score (nSPS) is 14.8. The quantitative estimate of drug-likeness (QED) is 0.560. The molecule has 1 aromatic heterocycles. The van der Waals surface area contributed by atoms with Crippen molar-refractivity contribution in [3.63, 3.8) is 0 Å². The molecular formula is C23H22FN3O4S. The van der Waals surface area contributed by atoms with E-state index in [4.69, 9.17) is 4.42 Å². The van der Waals surface area contributed by atoms with Crippen LogP contribution in [0.3, 0.4) is 0 Å². The lowest BCUT2D eigenvalue weighted by Crippen LogP contribution is -2.22. The van der Waals surface area contributed by atoms with Crippen molar-refractivity contribution in [3.05, 3.63) is 82.6 Å². The topological polar surface area (TPSA) is 101 Å². The van der Waals surface area contributed by atoms with Gasteiger partial charge in [-0.3, -0.25) is 4.79 Å². The van der Waals surface area contributed by atoms with Gasteiger partial charge in [0.1, 0.15) is 11.6 Å². The maximum atomic E-state index is 13.1. The molecule has 0 unspecified atom stereocenters. The van der Waals surface area contributed by atoms with Gasteiger partial charge in [-0.1, -0.05) is 12.1 Å². The Morgan fingerprint density at radius 2 is 1.84 bits per heavy atom. The van der Waals surface area contributed by atoms with Gasteiger partial charge in [0.2, 0.25) is 0 Å². The second kappa shape index (κ2) is 8.58. The highest BCUT2D eigenvalue weighted by Crippen LogP contribution is 2.30. The van der Waals surface area contributed by atoms with Gasteiger partial charge in [0.05, 0.1) is 10.6 Å². The number of furan rings is 1. The molecule has 4 rings (SSSR count). The summed E-state index contributed by atoms with van der Waals surface area (Å²) in [7, 11) is -3.96. The standard InChI is InChI=1S/C23H22FN3O4S/c1-14-5-3-6-17(13-14)25-23(28)22-15(2)21-19(7-4-8-20(21)31-22)26-27-32(29,30)18-11-9-16(24)10-12-18/h3,5-6,9-13,27H,4,7-8H2,1-2H3,(H,25,28)/b26-19+. The summed E-state index contributed by atoms with van der Waals surface area (Å²) < 4.78 is 43.9. The third kappa shape index (κ3) is 4.43. The van der Waals surface area contributed by atoms with Gasteiger partial charge in [-0.15, -0.1) is 0 Å². The number of sulfonamides is 1. The zero-order valence-electron chi connectivity index (χ0n) is 17.6. The maximum absolute atomic E-state index is 13.1. The van der Waals surface area contributed by atoms with Crippen molar-refractivity contribution in [3.8, 4) is 0 Å². The maximum Gasteiger partial charge on any atom is 0.291 e. The zero-order valence-corrected chi connectivity index (χ0v) is 18.4. The molecule has 0 spiro atoms. The van der Waals surface area contributed by atoms with Crippen molar-refractivity contribution in [1.29, 1.82) is 0 Å². The average molecular weight is 456 g/mol. The average Bonchev–Trinajstić information content (AvgIpc) is 3.10. The molecule has 2 N–H and O–H groups in total. The van der Waals surface area contributed by atoms with Gasteiger partial charge >= 0.3 is 0 Å². The van der Waals surface area contributed by atoms with Crippen LogP contribution in [0, 0.1) is 19.7 Å². The SMILES string of the molecule is Cc1cccc(NC(=O)c2oc3c(c2C)/C(=N/NS(=O)(=O)c2ccc(F)cc2)CCC3)c1. The van der Waals surface area contributed by atoms with Crippen LogP contribution >= 0.6 is 0 Å². The second-order valence-corrected chi connectivity index (χ2v) is 9.30. The summed E-state index contributed by atoms with van der Waals surface area (Å²) in [6.07, 6.45) is 1.85. The lowest BCUT2D eigenvalue weighted by atomic mass is 9.93. The first-order valence-electron chi connectivity index (χ1n) is 10.1. The third-order valence-corrected chi connectivity index (χ3v) is 6.46. The van der Waals surface area contributed by atoms with E-state index in [1.807, 2.05) is 25.1 Å². The summed E-state index contributed by atoms with van der Waals surface area (Å²) in [5.41, 5.74) is 3.41.